The van der Waals surface area contributed by atoms with Crippen LogP contribution in [-0.4, -0.2) is 30.3 Å². The van der Waals surface area contributed by atoms with Gasteiger partial charge in [-0.05, 0) is 49.4 Å². The Kier molecular flexibility index (Phi) is 4.77. The summed E-state index contributed by atoms with van der Waals surface area (Å²) in [6.45, 7) is 8.65. The fourth-order valence-electron chi connectivity index (χ4n) is 2.96. The summed E-state index contributed by atoms with van der Waals surface area (Å²) in [7, 11) is 0. The Morgan fingerprint density at radius 1 is 1.24 bits per heavy atom. The molecule has 0 saturated carbocycles. The van der Waals surface area contributed by atoms with Gasteiger partial charge in [0.15, 0.2) is 5.78 Å². The van der Waals surface area contributed by atoms with Gasteiger partial charge in [-0.3, -0.25) is 9.69 Å². The van der Waals surface area contributed by atoms with Gasteiger partial charge in [-0.15, -0.1) is 0 Å². The van der Waals surface area contributed by atoms with Crippen molar-refractivity contribution in [2.75, 3.05) is 19.6 Å². The lowest BCUT2D eigenvalue weighted by Crippen LogP contribution is -2.40. The van der Waals surface area contributed by atoms with Gasteiger partial charge in [0.1, 0.15) is 11.6 Å². The molecule has 0 spiro atoms. The number of carbonyl (C=O) groups excluding carboxylic acids is 1. The van der Waals surface area contributed by atoms with Gasteiger partial charge in [-0.25, -0.2) is 8.78 Å². The van der Waals surface area contributed by atoms with Crippen molar-refractivity contribution in [2.24, 2.45) is 11.3 Å². The zero-order valence-electron chi connectivity index (χ0n) is 13.0. The lowest BCUT2D eigenvalue weighted by Gasteiger charge is -2.38. The molecule has 1 saturated heterocycles. The van der Waals surface area contributed by atoms with Gasteiger partial charge in [0.05, 0.1) is 12.1 Å². The predicted octanol–water partition coefficient (Wildman–Crippen LogP) is 3.91. The van der Waals surface area contributed by atoms with E-state index in [4.69, 9.17) is 0 Å². The highest BCUT2D eigenvalue weighted by Gasteiger charge is 2.29. The van der Waals surface area contributed by atoms with Crippen molar-refractivity contribution < 1.29 is 13.6 Å². The second-order valence-corrected chi connectivity index (χ2v) is 6.96. The number of halogens is 2. The molecule has 1 aliphatic rings. The molecule has 0 amide bonds. The summed E-state index contributed by atoms with van der Waals surface area (Å²) in [6.07, 6.45) is 2.12. The van der Waals surface area contributed by atoms with Crippen molar-refractivity contribution in [1.82, 2.24) is 4.90 Å². The average molecular weight is 295 g/mol. The maximum atomic E-state index is 13.6. The number of hydrogen-bond donors (Lipinski definition) is 0. The van der Waals surface area contributed by atoms with Crippen LogP contribution in [0.4, 0.5) is 8.78 Å². The normalized spacial score (nSPS) is 18.0. The number of nitrogens with zero attached hydrogens (tertiary/aromatic N) is 1. The van der Waals surface area contributed by atoms with E-state index in [9.17, 15) is 13.6 Å². The van der Waals surface area contributed by atoms with Crippen molar-refractivity contribution in [3.8, 4) is 0 Å². The standard InChI is InChI=1S/C17H23F2NO/c1-17(2,3)12-6-8-20(9-7-12)11-16(21)14-5-4-13(18)10-15(14)19/h4-5,10,12H,6-9,11H2,1-3H3. The molecule has 116 valence electrons. The number of likely N-dealkylation sites (tertiary alicyclic amines) is 1. The molecule has 2 rings (SSSR count). The molecule has 0 bridgehead atoms. The summed E-state index contributed by atoms with van der Waals surface area (Å²) in [5.41, 5.74) is 0.272. The van der Waals surface area contributed by atoms with Crippen LogP contribution in [0.25, 0.3) is 0 Å². The lowest BCUT2D eigenvalue weighted by molar-refractivity contribution is 0.0818. The molecule has 1 aromatic rings. The highest BCUT2D eigenvalue weighted by molar-refractivity contribution is 5.97. The van der Waals surface area contributed by atoms with Gasteiger partial charge in [0.2, 0.25) is 0 Å². The van der Waals surface area contributed by atoms with Gasteiger partial charge in [0, 0.05) is 6.07 Å². The van der Waals surface area contributed by atoms with Crippen molar-refractivity contribution in [3.63, 3.8) is 0 Å². The summed E-state index contributed by atoms with van der Waals surface area (Å²) in [6, 6.07) is 3.12. The minimum absolute atomic E-state index is 0.0191. The van der Waals surface area contributed by atoms with Gasteiger partial charge < -0.3 is 0 Å². The summed E-state index contributed by atoms with van der Waals surface area (Å²) in [4.78, 5) is 14.2. The predicted molar refractivity (Wildman–Crippen MR) is 79.3 cm³/mol. The number of piperidine rings is 1. The molecule has 21 heavy (non-hydrogen) atoms. The fraction of sp³-hybridized carbons (Fsp3) is 0.588. The minimum Gasteiger partial charge on any atom is -0.296 e. The number of benzene rings is 1. The highest BCUT2D eigenvalue weighted by atomic mass is 19.1. The third-order valence-corrected chi connectivity index (χ3v) is 4.41. The average Bonchev–Trinajstić information content (AvgIpc) is 2.38. The zero-order valence-corrected chi connectivity index (χ0v) is 13.0. The second-order valence-electron chi connectivity index (χ2n) is 6.96. The molecule has 2 nitrogen and oxygen atoms in total. The Labute approximate surface area is 125 Å². The first kappa shape index (κ1) is 16.1. The van der Waals surface area contributed by atoms with Gasteiger partial charge in [-0.1, -0.05) is 20.8 Å². The first-order chi connectivity index (χ1) is 9.77. The molecule has 1 fully saturated rings. The first-order valence-electron chi connectivity index (χ1n) is 7.48. The summed E-state index contributed by atoms with van der Waals surface area (Å²) < 4.78 is 26.5. The molecule has 0 N–H and O–H groups in total. The smallest absolute Gasteiger partial charge is 0.179 e. The van der Waals surface area contributed by atoms with Crippen molar-refractivity contribution in [3.05, 3.63) is 35.4 Å². The number of rotatable bonds is 3. The largest absolute Gasteiger partial charge is 0.296 e. The summed E-state index contributed by atoms with van der Waals surface area (Å²) in [5, 5.41) is 0. The maximum absolute atomic E-state index is 13.6. The van der Waals surface area contributed by atoms with Gasteiger partial charge >= 0.3 is 0 Å². The minimum atomic E-state index is -0.774. The number of carbonyl (C=O) groups is 1. The fourth-order valence-corrected chi connectivity index (χ4v) is 2.96. The van der Waals surface area contributed by atoms with E-state index in [2.05, 4.69) is 25.7 Å². The Morgan fingerprint density at radius 3 is 2.38 bits per heavy atom. The topological polar surface area (TPSA) is 20.3 Å². The molecule has 0 atom stereocenters. The van der Waals surface area contributed by atoms with Crippen LogP contribution in [0.3, 0.4) is 0 Å². The van der Waals surface area contributed by atoms with Crippen LogP contribution < -0.4 is 0 Å². The van der Waals surface area contributed by atoms with E-state index in [1.165, 1.54) is 6.07 Å². The van der Waals surface area contributed by atoms with Gasteiger partial charge in [0.25, 0.3) is 0 Å². The Balaban J connectivity index is 1.93. The second kappa shape index (κ2) is 6.22. The molecule has 1 aromatic carbocycles. The summed E-state index contributed by atoms with van der Waals surface area (Å²) in [5.74, 6) is -1.05. The SMILES string of the molecule is CC(C)(C)C1CCN(CC(=O)c2ccc(F)cc2F)CC1. The van der Waals surface area contributed by atoms with Gasteiger partial charge in [-0.2, -0.15) is 0 Å². The number of ketones is 1. The third kappa shape index (κ3) is 4.10. The quantitative estimate of drug-likeness (QED) is 0.788. The number of hydrogen-bond acceptors (Lipinski definition) is 2. The lowest BCUT2D eigenvalue weighted by atomic mass is 9.75. The van der Waals surface area contributed by atoms with Crippen LogP contribution >= 0.6 is 0 Å². The zero-order chi connectivity index (χ0) is 15.6. The Hall–Kier alpha value is -1.29. The maximum Gasteiger partial charge on any atom is 0.179 e. The van der Waals surface area contributed by atoms with Crippen molar-refractivity contribution in [1.29, 1.82) is 0 Å². The van der Waals surface area contributed by atoms with Crippen molar-refractivity contribution >= 4 is 5.78 Å². The van der Waals surface area contributed by atoms with Crippen LogP contribution in [0, 0.1) is 23.0 Å². The van der Waals surface area contributed by atoms with Crippen LogP contribution in [0.5, 0.6) is 0 Å². The highest BCUT2D eigenvalue weighted by Crippen LogP contribution is 2.34. The molecule has 1 aliphatic heterocycles. The van der Waals surface area contributed by atoms with E-state index >= 15 is 0 Å². The number of Topliss-reactive ketones (excluding diaryl/α,β-unsaturated/α-hetero) is 1. The van der Waals surface area contributed by atoms with E-state index in [0.717, 1.165) is 38.1 Å². The van der Waals surface area contributed by atoms with Crippen LogP contribution in [0.2, 0.25) is 0 Å². The molecule has 0 unspecified atom stereocenters. The van der Waals surface area contributed by atoms with E-state index in [1.54, 1.807) is 0 Å². The van der Waals surface area contributed by atoms with Crippen LogP contribution in [0.1, 0.15) is 44.0 Å². The Morgan fingerprint density at radius 2 is 1.86 bits per heavy atom. The molecular weight excluding hydrogens is 272 g/mol. The molecule has 0 aliphatic carbocycles. The van der Waals surface area contributed by atoms with E-state index in [-0.39, 0.29) is 17.9 Å². The molecular formula is C17H23F2NO. The molecule has 4 heteroatoms. The van der Waals surface area contributed by atoms with Crippen LogP contribution in [-0.2, 0) is 0 Å². The van der Waals surface area contributed by atoms with Crippen LogP contribution in [0.15, 0.2) is 18.2 Å². The molecule has 0 aromatic heterocycles. The van der Waals surface area contributed by atoms with E-state index in [1.807, 2.05) is 0 Å². The van der Waals surface area contributed by atoms with E-state index in [0.29, 0.717) is 11.3 Å². The molecule has 1 heterocycles. The van der Waals surface area contributed by atoms with E-state index < -0.39 is 11.6 Å². The first-order valence-corrected chi connectivity index (χ1v) is 7.48. The third-order valence-electron chi connectivity index (χ3n) is 4.41. The molecule has 0 radical (unpaired) electrons. The Bertz CT molecular complexity index is 514. The summed E-state index contributed by atoms with van der Waals surface area (Å²) >= 11 is 0. The monoisotopic (exact) mass is 295 g/mol. The van der Waals surface area contributed by atoms with Crippen molar-refractivity contribution in [2.45, 2.75) is 33.6 Å².